The Morgan fingerprint density at radius 3 is 2.91 bits per heavy atom. The lowest BCUT2D eigenvalue weighted by Crippen LogP contribution is -2.23. The number of thioether (sulfide) groups is 1. The van der Waals surface area contributed by atoms with Crippen molar-refractivity contribution in [3.63, 3.8) is 0 Å². The van der Waals surface area contributed by atoms with Gasteiger partial charge in [-0.1, -0.05) is 36.0 Å². The molecule has 2 heterocycles. The molecule has 0 saturated heterocycles. The predicted octanol–water partition coefficient (Wildman–Crippen LogP) is 3.17. The van der Waals surface area contributed by atoms with Crippen LogP contribution in [0.3, 0.4) is 0 Å². The number of rotatable bonds is 4. The van der Waals surface area contributed by atoms with Gasteiger partial charge in [-0.05, 0) is 24.0 Å². The molecule has 0 amide bonds. The largest absolute Gasteiger partial charge is 0.388 e. The maximum absolute atomic E-state index is 12.4. The monoisotopic (exact) mass is 373 g/mol. The minimum Gasteiger partial charge on any atom is -0.388 e. The van der Waals surface area contributed by atoms with Crippen LogP contribution in [0.15, 0.2) is 29.7 Å². The van der Waals surface area contributed by atoms with E-state index in [1.807, 2.05) is 6.08 Å². The highest BCUT2D eigenvalue weighted by Gasteiger charge is 2.28. The fourth-order valence-corrected chi connectivity index (χ4v) is 5.09. The van der Waals surface area contributed by atoms with E-state index in [1.54, 1.807) is 23.6 Å². The molecular formula is C13H12ClN3O2S3. The van der Waals surface area contributed by atoms with Crippen LogP contribution in [-0.4, -0.2) is 23.0 Å². The third-order valence-electron chi connectivity index (χ3n) is 3.26. The minimum absolute atomic E-state index is 0.205. The molecule has 0 radical (unpaired) electrons. The number of anilines is 1. The van der Waals surface area contributed by atoms with Crippen molar-refractivity contribution in [3.05, 3.63) is 40.4 Å². The maximum Gasteiger partial charge on any atom is 0.245 e. The number of nitrogens with one attached hydrogen (secondary N) is 2. The van der Waals surface area contributed by atoms with E-state index in [4.69, 9.17) is 29.6 Å². The molecule has 0 fully saturated rings. The number of allylic oxidation sites excluding steroid dienone is 1. The number of hydrogen-bond acceptors (Lipinski definition) is 4. The summed E-state index contributed by atoms with van der Waals surface area (Å²) in [5, 5.41) is 2.87. The van der Waals surface area contributed by atoms with Gasteiger partial charge >= 0.3 is 0 Å². The van der Waals surface area contributed by atoms with Crippen molar-refractivity contribution in [1.82, 2.24) is 4.98 Å². The van der Waals surface area contributed by atoms with E-state index < -0.39 is 14.6 Å². The fourth-order valence-electron chi connectivity index (χ4n) is 2.18. The Kier molecular flexibility index (Phi) is 4.11. The molecule has 1 aromatic heterocycles. The molecule has 0 spiro atoms. The molecule has 22 heavy (non-hydrogen) atoms. The van der Waals surface area contributed by atoms with Crippen molar-refractivity contribution in [2.24, 2.45) is 5.73 Å². The molecule has 116 valence electrons. The SMILES string of the molecule is NC(=S)c1cc2ccc(Cl)c(NS(=O)(=O)C3CC=CS3)c2[nH]1. The van der Waals surface area contributed by atoms with Crippen LogP contribution in [0.5, 0.6) is 0 Å². The summed E-state index contributed by atoms with van der Waals surface area (Å²) in [6.45, 7) is 0. The predicted molar refractivity (Wildman–Crippen MR) is 96.9 cm³/mol. The molecule has 2 aromatic rings. The molecule has 1 unspecified atom stereocenters. The Labute approximate surface area is 142 Å². The summed E-state index contributed by atoms with van der Waals surface area (Å²) in [6.07, 6.45) is 2.30. The second-order valence-electron chi connectivity index (χ2n) is 4.75. The Balaban J connectivity index is 2.06. The Hall–Kier alpha value is -1.22. The minimum atomic E-state index is -3.56. The Bertz CT molecular complexity index is 881. The molecule has 5 nitrogen and oxygen atoms in total. The van der Waals surface area contributed by atoms with E-state index in [0.717, 1.165) is 5.39 Å². The highest BCUT2D eigenvalue weighted by atomic mass is 35.5. The molecule has 4 N–H and O–H groups in total. The first-order valence-electron chi connectivity index (χ1n) is 6.31. The zero-order valence-corrected chi connectivity index (χ0v) is 14.4. The average molecular weight is 374 g/mol. The second-order valence-corrected chi connectivity index (χ2v) is 8.88. The van der Waals surface area contributed by atoms with Crippen LogP contribution < -0.4 is 10.5 Å². The maximum atomic E-state index is 12.4. The van der Waals surface area contributed by atoms with Crippen molar-refractivity contribution in [2.45, 2.75) is 11.0 Å². The van der Waals surface area contributed by atoms with Crippen LogP contribution in [0, 0.1) is 0 Å². The van der Waals surface area contributed by atoms with Crippen LogP contribution in [0.4, 0.5) is 5.69 Å². The van der Waals surface area contributed by atoms with Crippen LogP contribution in [0.2, 0.25) is 5.02 Å². The van der Waals surface area contributed by atoms with Crippen molar-refractivity contribution < 1.29 is 8.42 Å². The molecule has 9 heteroatoms. The van der Waals surface area contributed by atoms with E-state index in [1.165, 1.54) is 11.8 Å². The molecule has 1 atom stereocenters. The summed E-state index contributed by atoms with van der Waals surface area (Å²) in [6, 6.07) is 5.18. The van der Waals surface area contributed by atoms with E-state index in [-0.39, 0.29) is 4.99 Å². The highest BCUT2D eigenvalue weighted by Crippen LogP contribution is 2.35. The fraction of sp³-hybridized carbons (Fsp3) is 0.154. The number of fused-ring (bicyclic) bond motifs is 1. The van der Waals surface area contributed by atoms with Gasteiger partial charge in [-0.2, -0.15) is 0 Å². The summed E-state index contributed by atoms with van der Waals surface area (Å²) >= 11 is 12.4. The highest BCUT2D eigenvalue weighted by molar-refractivity contribution is 8.15. The van der Waals surface area contributed by atoms with Gasteiger partial charge in [0.1, 0.15) is 9.57 Å². The topological polar surface area (TPSA) is 88.0 Å². The van der Waals surface area contributed by atoms with Crippen LogP contribution >= 0.6 is 35.6 Å². The number of nitrogens with two attached hydrogens (primary N) is 1. The Morgan fingerprint density at radius 1 is 1.50 bits per heavy atom. The number of thiocarbonyl (C=S) groups is 1. The quantitative estimate of drug-likeness (QED) is 0.716. The lowest BCUT2D eigenvalue weighted by atomic mass is 10.2. The van der Waals surface area contributed by atoms with E-state index >= 15 is 0 Å². The van der Waals surface area contributed by atoms with E-state index in [9.17, 15) is 8.42 Å². The summed E-state index contributed by atoms with van der Waals surface area (Å²) in [4.78, 5) is 3.22. The lowest BCUT2D eigenvalue weighted by molar-refractivity contribution is 0.598. The number of sulfonamides is 1. The van der Waals surface area contributed by atoms with Crippen LogP contribution in [-0.2, 0) is 10.0 Å². The first kappa shape index (κ1) is 15.7. The first-order chi connectivity index (χ1) is 10.4. The van der Waals surface area contributed by atoms with E-state index in [0.29, 0.717) is 28.3 Å². The molecule has 0 bridgehead atoms. The zero-order valence-electron chi connectivity index (χ0n) is 11.2. The van der Waals surface area contributed by atoms with Gasteiger partial charge in [0, 0.05) is 5.39 Å². The first-order valence-corrected chi connectivity index (χ1v) is 9.59. The standard InChI is InChI=1S/C13H12ClN3O2S3/c14-8-4-3-7-6-9(13(15)20)16-11(7)12(8)17-22(18,19)10-2-1-5-21-10/h1,3-6,10,16-17H,2H2,(H2,15,20). The van der Waals surface area contributed by atoms with Crippen LogP contribution in [0.1, 0.15) is 12.1 Å². The Morgan fingerprint density at radius 2 is 2.27 bits per heavy atom. The van der Waals surface area contributed by atoms with Gasteiger partial charge in [0.2, 0.25) is 10.0 Å². The number of aromatic nitrogens is 1. The second kappa shape index (κ2) is 5.77. The smallest absolute Gasteiger partial charge is 0.245 e. The third-order valence-corrected chi connectivity index (χ3v) is 7.10. The summed E-state index contributed by atoms with van der Waals surface area (Å²) in [5.74, 6) is 0. The number of aromatic amines is 1. The molecule has 3 rings (SSSR count). The van der Waals surface area contributed by atoms with Gasteiger partial charge < -0.3 is 10.7 Å². The van der Waals surface area contributed by atoms with Gasteiger partial charge in [0.05, 0.1) is 21.9 Å². The number of halogens is 1. The van der Waals surface area contributed by atoms with Crippen molar-refractivity contribution in [1.29, 1.82) is 0 Å². The summed E-state index contributed by atoms with van der Waals surface area (Å²) in [7, 11) is -3.56. The lowest BCUT2D eigenvalue weighted by Gasteiger charge is -2.14. The molecule has 0 aliphatic carbocycles. The van der Waals surface area contributed by atoms with Crippen LogP contribution in [0.25, 0.3) is 10.9 Å². The normalized spacial score (nSPS) is 18.0. The number of hydrogen-bond donors (Lipinski definition) is 3. The van der Waals surface area contributed by atoms with Crippen molar-refractivity contribution >= 4 is 67.2 Å². The molecule has 1 aliphatic rings. The van der Waals surface area contributed by atoms with E-state index in [2.05, 4.69) is 9.71 Å². The van der Waals surface area contributed by atoms with Gasteiger partial charge in [-0.25, -0.2) is 8.42 Å². The van der Waals surface area contributed by atoms with Gasteiger partial charge in [0.25, 0.3) is 0 Å². The summed E-state index contributed by atoms with van der Waals surface area (Å²) < 4.78 is 26.9. The van der Waals surface area contributed by atoms with Gasteiger partial charge in [-0.3, -0.25) is 4.72 Å². The number of benzene rings is 1. The summed E-state index contributed by atoms with van der Waals surface area (Å²) in [5.41, 5.74) is 7.05. The number of H-pyrrole nitrogens is 1. The van der Waals surface area contributed by atoms with Gasteiger partial charge in [0.15, 0.2) is 0 Å². The molecule has 0 saturated carbocycles. The molecule has 1 aromatic carbocycles. The average Bonchev–Trinajstić information content (AvgIpc) is 3.10. The van der Waals surface area contributed by atoms with Crippen molar-refractivity contribution in [3.8, 4) is 0 Å². The van der Waals surface area contributed by atoms with Gasteiger partial charge in [-0.15, -0.1) is 11.8 Å². The van der Waals surface area contributed by atoms with Crippen molar-refractivity contribution in [2.75, 3.05) is 4.72 Å². The third kappa shape index (κ3) is 2.83. The molecule has 1 aliphatic heterocycles. The zero-order chi connectivity index (χ0) is 15.9. The molecular weight excluding hydrogens is 362 g/mol.